The number of hydrogen-bond acceptors (Lipinski definition) is 1. The van der Waals surface area contributed by atoms with E-state index in [1.807, 2.05) is 0 Å². The van der Waals surface area contributed by atoms with Gasteiger partial charge in [-0.25, -0.2) is 0 Å². The highest BCUT2D eigenvalue weighted by molar-refractivity contribution is 9.11. The first-order valence-electron chi connectivity index (χ1n) is 7.16. The van der Waals surface area contributed by atoms with Gasteiger partial charge in [0.2, 0.25) is 0 Å². The third-order valence-corrected chi connectivity index (χ3v) is 6.42. The first-order chi connectivity index (χ1) is 10.2. The van der Waals surface area contributed by atoms with Gasteiger partial charge in [0.15, 0.2) is 0 Å². The number of halogens is 2. The average molecular weight is 404 g/mol. The van der Waals surface area contributed by atoms with Gasteiger partial charge in [0.25, 0.3) is 0 Å². The lowest BCUT2D eigenvalue weighted by Crippen LogP contribution is -2.15. The summed E-state index contributed by atoms with van der Waals surface area (Å²) in [6, 6.07) is 12.9. The van der Waals surface area contributed by atoms with Crippen LogP contribution in [0.1, 0.15) is 34.5 Å². The fraction of sp³-hybridized carbons (Fsp3) is 0.222. The quantitative estimate of drug-likeness (QED) is 0.532. The molecule has 0 radical (unpaired) electrons. The summed E-state index contributed by atoms with van der Waals surface area (Å²) < 4.78 is 8.72. The van der Waals surface area contributed by atoms with Crippen LogP contribution < -0.4 is 0 Å². The molecule has 3 heteroatoms. The maximum absolute atomic E-state index is 6.30. The van der Waals surface area contributed by atoms with E-state index < -0.39 is 0 Å². The molecular formula is C18H12Br2O. The van der Waals surface area contributed by atoms with Gasteiger partial charge in [-0.05, 0) is 58.4 Å². The van der Waals surface area contributed by atoms with Crippen LogP contribution in [0, 0.1) is 0 Å². The number of rotatable bonds is 0. The zero-order valence-electron chi connectivity index (χ0n) is 11.2. The fourth-order valence-corrected chi connectivity index (χ4v) is 4.98. The highest BCUT2D eigenvalue weighted by Crippen LogP contribution is 2.57. The molecule has 0 fully saturated rings. The molecule has 0 aromatic heterocycles. The third-order valence-electron chi connectivity index (χ3n) is 4.93. The van der Waals surface area contributed by atoms with E-state index in [-0.39, 0.29) is 12.2 Å². The van der Waals surface area contributed by atoms with Gasteiger partial charge in [-0.2, -0.15) is 0 Å². The van der Waals surface area contributed by atoms with Crippen molar-refractivity contribution in [3.63, 3.8) is 0 Å². The minimum atomic E-state index is 0.181. The Labute approximate surface area is 140 Å². The summed E-state index contributed by atoms with van der Waals surface area (Å²) in [4.78, 5) is 0. The molecule has 104 valence electrons. The molecule has 2 aromatic carbocycles. The molecule has 1 nitrogen and oxygen atoms in total. The predicted molar refractivity (Wildman–Crippen MR) is 89.3 cm³/mol. The van der Waals surface area contributed by atoms with E-state index in [1.54, 1.807) is 0 Å². The maximum Gasteiger partial charge on any atom is 0.106 e. The Bertz CT molecular complexity index is 756. The van der Waals surface area contributed by atoms with Gasteiger partial charge in [0, 0.05) is 8.95 Å². The van der Waals surface area contributed by atoms with Crippen molar-refractivity contribution in [3.05, 3.63) is 78.7 Å². The van der Waals surface area contributed by atoms with Crippen molar-refractivity contribution in [1.82, 2.24) is 0 Å². The average Bonchev–Trinajstić information content (AvgIpc) is 3.07. The molecule has 3 aliphatic rings. The number of hydrogen-bond donors (Lipinski definition) is 0. The molecule has 0 N–H and O–H groups in total. The Hall–Kier alpha value is -0.900. The second-order valence-corrected chi connectivity index (χ2v) is 7.62. The Kier molecular flexibility index (Phi) is 2.59. The molecular weight excluding hydrogens is 392 g/mol. The molecule has 0 amide bonds. The van der Waals surface area contributed by atoms with Gasteiger partial charge < -0.3 is 4.74 Å². The second-order valence-electron chi connectivity index (χ2n) is 5.92. The fourth-order valence-electron chi connectivity index (χ4n) is 3.96. The Morgan fingerprint density at radius 1 is 0.762 bits per heavy atom. The Morgan fingerprint density at radius 3 is 1.71 bits per heavy atom. The summed E-state index contributed by atoms with van der Waals surface area (Å²) in [7, 11) is 0. The number of benzene rings is 2. The summed E-state index contributed by atoms with van der Waals surface area (Å²) >= 11 is 7.43. The van der Waals surface area contributed by atoms with Crippen LogP contribution in [0.5, 0.6) is 0 Å². The van der Waals surface area contributed by atoms with E-state index in [0.29, 0.717) is 0 Å². The lowest BCUT2D eigenvalue weighted by Gasteiger charge is -2.27. The Morgan fingerprint density at radius 2 is 1.24 bits per heavy atom. The van der Waals surface area contributed by atoms with Gasteiger partial charge in [0.05, 0.1) is 0 Å². The van der Waals surface area contributed by atoms with Gasteiger partial charge in [-0.15, -0.1) is 0 Å². The molecule has 5 rings (SSSR count). The minimum absolute atomic E-state index is 0.181. The second kappa shape index (κ2) is 4.31. The molecule has 0 spiro atoms. The van der Waals surface area contributed by atoms with Gasteiger partial charge >= 0.3 is 0 Å². The van der Waals surface area contributed by atoms with Crippen LogP contribution in [0.4, 0.5) is 0 Å². The van der Waals surface area contributed by atoms with Crippen LogP contribution in [-0.2, 0) is 17.6 Å². The smallest absolute Gasteiger partial charge is 0.106 e. The molecule has 2 bridgehead atoms. The van der Waals surface area contributed by atoms with Crippen LogP contribution in [-0.4, -0.2) is 0 Å². The SMILES string of the molecule is Brc1ccc(Br)c2c1CC1=C(C2)C2OC1c1ccccc12. The van der Waals surface area contributed by atoms with Crippen molar-refractivity contribution in [3.8, 4) is 0 Å². The number of fused-ring (bicyclic) bond motifs is 8. The van der Waals surface area contributed by atoms with Crippen molar-refractivity contribution >= 4 is 31.9 Å². The molecule has 1 aliphatic carbocycles. The highest BCUT2D eigenvalue weighted by atomic mass is 79.9. The summed E-state index contributed by atoms with van der Waals surface area (Å²) in [5.74, 6) is 0. The van der Waals surface area contributed by atoms with Crippen molar-refractivity contribution in [2.45, 2.75) is 25.0 Å². The molecule has 2 unspecified atom stereocenters. The molecule has 0 saturated heterocycles. The minimum Gasteiger partial charge on any atom is -0.357 e. The lowest BCUT2D eigenvalue weighted by molar-refractivity contribution is 0.0781. The van der Waals surface area contributed by atoms with Crippen molar-refractivity contribution in [2.24, 2.45) is 0 Å². The summed E-state index contributed by atoms with van der Waals surface area (Å²) in [6.45, 7) is 0. The van der Waals surface area contributed by atoms with Crippen LogP contribution in [0.2, 0.25) is 0 Å². The van der Waals surface area contributed by atoms with E-state index in [9.17, 15) is 0 Å². The standard InChI is InChI=1S/C18H12Br2O/c19-15-5-6-16(20)12-8-14-13(7-11(12)15)17-9-3-1-2-4-10(9)18(14)21-17/h1-6,17-18H,7-8H2. The van der Waals surface area contributed by atoms with Crippen molar-refractivity contribution < 1.29 is 4.74 Å². The van der Waals surface area contributed by atoms with E-state index in [1.165, 1.54) is 42.3 Å². The molecule has 2 aliphatic heterocycles. The zero-order chi connectivity index (χ0) is 14.1. The lowest BCUT2D eigenvalue weighted by atomic mass is 9.77. The molecule has 0 saturated carbocycles. The van der Waals surface area contributed by atoms with Crippen LogP contribution in [0.15, 0.2) is 56.5 Å². The van der Waals surface area contributed by atoms with Crippen LogP contribution in [0.25, 0.3) is 0 Å². The topological polar surface area (TPSA) is 9.23 Å². The van der Waals surface area contributed by atoms with E-state index in [0.717, 1.165) is 12.8 Å². The van der Waals surface area contributed by atoms with Gasteiger partial charge in [0.1, 0.15) is 12.2 Å². The highest BCUT2D eigenvalue weighted by Gasteiger charge is 2.45. The first-order valence-corrected chi connectivity index (χ1v) is 8.74. The van der Waals surface area contributed by atoms with E-state index >= 15 is 0 Å². The summed E-state index contributed by atoms with van der Waals surface area (Å²) in [6.07, 6.45) is 2.36. The summed E-state index contributed by atoms with van der Waals surface area (Å²) in [5, 5.41) is 0. The van der Waals surface area contributed by atoms with E-state index in [4.69, 9.17) is 4.74 Å². The molecule has 2 heterocycles. The number of ether oxygens (including phenoxy) is 1. The molecule has 21 heavy (non-hydrogen) atoms. The first kappa shape index (κ1) is 12.6. The largest absolute Gasteiger partial charge is 0.357 e. The van der Waals surface area contributed by atoms with Gasteiger partial charge in [-0.3, -0.25) is 0 Å². The molecule has 2 atom stereocenters. The zero-order valence-corrected chi connectivity index (χ0v) is 14.4. The molecule has 2 aromatic rings. The van der Waals surface area contributed by atoms with Crippen LogP contribution in [0.3, 0.4) is 0 Å². The summed E-state index contributed by atoms with van der Waals surface area (Å²) in [5.41, 5.74) is 8.55. The predicted octanol–water partition coefficient (Wildman–Crippen LogP) is 5.43. The monoisotopic (exact) mass is 402 g/mol. The van der Waals surface area contributed by atoms with Crippen molar-refractivity contribution in [2.75, 3.05) is 0 Å². The van der Waals surface area contributed by atoms with Crippen molar-refractivity contribution in [1.29, 1.82) is 0 Å². The normalized spacial score (nSPS) is 24.9. The van der Waals surface area contributed by atoms with E-state index in [2.05, 4.69) is 68.3 Å². The van der Waals surface area contributed by atoms with Gasteiger partial charge in [-0.1, -0.05) is 56.1 Å². The van der Waals surface area contributed by atoms with Crippen LogP contribution >= 0.6 is 31.9 Å². The maximum atomic E-state index is 6.30. The Balaban J connectivity index is 1.67. The third kappa shape index (κ3) is 1.60.